The SMILES string of the molecule is COc1cc(C)cc(Oc2nnc(C(F)(F)F)c(C)c2C(=O)Nc2cccc(S(C)(=N)=O)c2)c1C. The molecule has 0 fully saturated rings. The lowest BCUT2D eigenvalue weighted by atomic mass is 10.1. The minimum atomic E-state index is -4.86. The number of alkyl halides is 3. The third-order valence-electron chi connectivity index (χ3n) is 5.11. The van der Waals surface area contributed by atoms with Gasteiger partial charge in [0.25, 0.3) is 11.8 Å². The first kappa shape index (κ1) is 25.9. The Morgan fingerprint density at radius 1 is 1.06 bits per heavy atom. The zero-order valence-electron chi connectivity index (χ0n) is 19.5. The molecule has 3 aromatic rings. The molecule has 1 unspecified atom stereocenters. The van der Waals surface area contributed by atoms with Crippen LogP contribution in [0.25, 0.3) is 0 Å². The number of ether oxygens (including phenoxy) is 2. The van der Waals surface area contributed by atoms with Gasteiger partial charge in [0.2, 0.25) is 0 Å². The number of carbonyl (C=O) groups excluding carboxylic acids is 1. The number of hydrogen-bond acceptors (Lipinski definition) is 7. The lowest BCUT2D eigenvalue weighted by molar-refractivity contribution is -0.142. The molecular formula is C23H23F3N4O4S. The summed E-state index contributed by atoms with van der Waals surface area (Å²) in [5.74, 6) is -0.663. The van der Waals surface area contributed by atoms with Crippen LogP contribution < -0.4 is 14.8 Å². The maximum Gasteiger partial charge on any atom is 0.435 e. The molecule has 0 aliphatic rings. The maximum absolute atomic E-state index is 13.5. The van der Waals surface area contributed by atoms with Crippen LogP contribution in [0.2, 0.25) is 0 Å². The van der Waals surface area contributed by atoms with Gasteiger partial charge in [-0.25, -0.2) is 8.99 Å². The Morgan fingerprint density at radius 2 is 1.71 bits per heavy atom. The smallest absolute Gasteiger partial charge is 0.435 e. The summed E-state index contributed by atoms with van der Waals surface area (Å²) in [5.41, 5.74) is -0.845. The second-order valence-corrected chi connectivity index (χ2v) is 10.0. The van der Waals surface area contributed by atoms with E-state index in [-0.39, 0.29) is 16.3 Å². The van der Waals surface area contributed by atoms with Gasteiger partial charge in [0.1, 0.15) is 17.1 Å². The Balaban J connectivity index is 2.12. The highest BCUT2D eigenvalue weighted by atomic mass is 32.2. The van der Waals surface area contributed by atoms with E-state index in [2.05, 4.69) is 15.5 Å². The first-order valence-electron chi connectivity index (χ1n) is 10.1. The summed E-state index contributed by atoms with van der Waals surface area (Å²) >= 11 is 0. The first-order chi connectivity index (χ1) is 16.2. The van der Waals surface area contributed by atoms with E-state index in [1.54, 1.807) is 26.0 Å². The van der Waals surface area contributed by atoms with Crippen molar-refractivity contribution in [3.05, 3.63) is 64.3 Å². The van der Waals surface area contributed by atoms with Crippen LogP contribution in [-0.4, -0.2) is 33.7 Å². The number of carbonyl (C=O) groups is 1. The molecule has 186 valence electrons. The van der Waals surface area contributed by atoms with Crippen molar-refractivity contribution in [3.8, 4) is 17.4 Å². The average Bonchev–Trinajstić information content (AvgIpc) is 2.74. The van der Waals surface area contributed by atoms with Crippen LogP contribution in [0.5, 0.6) is 17.4 Å². The number of methoxy groups -OCH3 is 1. The summed E-state index contributed by atoms with van der Waals surface area (Å²) in [7, 11) is -1.62. The van der Waals surface area contributed by atoms with Gasteiger partial charge in [0.05, 0.1) is 16.8 Å². The molecule has 1 heterocycles. The molecule has 0 saturated carbocycles. The van der Waals surface area contributed by atoms with Crippen molar-refractivity contribution in [1.29, 1.82) is 4.78 Å². The summed E-state index contributed by atoms with van der Waals surface area (Å²) in [6, 6.07) is 9.08. The molecule has 1 amide bonds. The Labute approximate surface area is 200 Å². The highest BCUT2D eigenvalue weighted by Crippen LogP contribution is 2.37. The second kappa shape index (κ2) is 9.53. The van der Waals surface area contributed by atoms with Gasteiger partial charge in [0, 0.05) is 22.4 Å². The van der Waals surface area contributed by atoms with Crippen molar-refractivity contribution >= 4 is 21.3 Å². The number of nitrogens with zero attached hydrogens (tertiary/aromatic N) is 2. The van der Waals surface area contributed by atoms with Gasteiger partial charge in [-0.2, -0.15) is 13.2 Å². The molecule has 0 radical (unpaired) electrons. The minimum Gasteiger partial charge on any atom is -0.496 e. The fourth-order valence-electron chi connectivity index (χ4n) is 3.33. The van der Waals surface area contributed by atoms with E-state index in [0.717, 1.165) is 12.5 Å². The van der Waals surface area contributed by atoms with E-state index in [9.17, 15) is 22.2 Å². The number of aromatic nitrogens is 2. The average molecular weight is 509 g/mol. The molecule has 8 nitrogen and oxygen atoms in total. The molecule has 1 atom stereocenters. The number of rotatable bonds is 6. The monoisotopic (exact) mass is 508 g/mol. The Kier molecular flexibility index (Phi) is 7.06. The van der Waals surface area contributed by atoms with Crippen LogP contribution in [0.4, 0.5) is 18.9 Å². The molecule has 2 aromatic carbocycles. The predicted octanol–water partition coefficient (Wildman–Crippen LogP) is 5.51. The van der Waals surface area contributed by atoms with Gasteiger partial charge >= 0.3 is 6.18 Å². The van der Waals surface area contributed by atoms with Gasteiger partial charge in [-0.05, 0) is 62.2 Å². The number of benzene rings is 2. The summed E-state index contributed by atoms with van der Waals surface area (Å²) in [5, 5.41) is 9.32. The van der Waals surface area contributed by atoms with Crippen molar-refractivity contribution in [2.45, 2.75) is 31.8 Å². The van der Waals surface area contributed by atoms with Gasteiger partial charge in [-0.3, -0.25) is 4.79 Å². The predicted molar refractivity (Wildman–Crippen MR) is 124 cm³/mol. The summed E-state index contributed by atoms with van der Waals surface area (Å²) in [6.45, 7) is 4.56. The lowest BCUT2D eigenvalue weighted by Crippen LogP contribution is -2.21. The molecule has 12 heteroatoms. The Morgan fingerprint density at radius 3 is 2.31 bits per heavy atom. The molecule has 35 heavy (non-hydrogen) atoms. The van der Waals surface area contributed by atoms with Crippen LogP contribution in [-0.2, 0) is 15.9 Å². The topological polar surface area (TPSA) is 114 Å². The maximum atomic E-state index is 13.5. The molecule has 0 saturated heterocycles. The van der Waals surface area contributed by atoms with Gasteiger partial charge in [-0.1, -0.05) is 6.07 Å². The fourth-order valence-corrected chi connectivity index (χ4v) is 4.02. The highest BCUT2D eigenvalue weighted by Gasteiger charge is 2.38. The van der Waals surface area contributed by atoms with Crippen LogP contribution in [0.1, 0.15) is 32.7 Å². The highest BCUT2D eigenvalue weighted by molar-refractivity contribution is 7.91. The summed E-state index contributed by atoms with van der Waals surface area (Å²) in [4.78, 5) is 13.3. The number of amides is 1. The van der Waals surface area contributed by atoms with Crippen LogP contribution >= 0.6 is 0 Å². The lowest BCUT2D eigenvalue weighted by Gasteiger charge is -2.18. The van der Waals surface area contributed by atoms with Crippen LogP contribution in [0.15, 0.2) is 41.3 Å². The normalized spacial score (nSPS) is 13.1. The van der Waals surface area contributed by atoms with E-state index in [1.165, 1.54) is 37.6 Å². The third-order valence-corrected chi connectivity index (χ3v) is 6.26. The standard InChI is InChI=1S/C23H23F3N4O4S/c1-12-9-17(33-4)13(2)18(10-12)34-22-19(14(3)20(29-30-22)23(24,25)26)21(31)28-15-7-6-8-16(11-15)35(5,27)32/h6-11,27H,1-5H3,(H,28,31). The van der Waals surface area contributed by atoms with Gasteiger partial charge < -0.3 is 14.8 Å². The molecule has 1 aromatic heterocycles. The van der Waals surface area contributed by atoms with E-state index in [4.69, 9.17) is 14.3 Å². The second-order valence-electron chi connectivity index (χ2n) is 7.87. The zero-order chi connectivity index (χ0) is 26.1. The molecule has 0 bridgehead atoms. The summed E-state index contributed by atoms with van der Waals surface area (Å²) < 4.78 is 71.5. The van der Waals surface area contributed by atoms with Gasteiger partial charge in [-0.15, -0.1) is 10.2 Å². The van der Waals surface area contributed by atoms with Gasteiger partial charge in [0.15, 0.2) is 5.69 Å². The van der Waals surface area contributed by atoms with E-state index in [0.29, 0.717) is 11.3 Å². The van der Waals surface area contributed by atoms with Crippen molar-refractivity contribution in [1.82, 2.24) is 10.2 Å². The largest absolute Gasteiger partial charge is 0.496 e. The zero-order valence-corrected chi connectivity index (χ0v) is 20.4. The van der Waals surface area contributed by atoms with Crippen molar-refractivity contribution in [3.63, 3.8) is 0 Å². The summed E-state index contributed by atoms with van der Waals surface area (Å²) in [6.07, 6.45) is -3.64. The van der Waals surface area contributed by atoms with Crippen molar-refractivity contribution in [2.75, 3.05) is 18.7 Å². The van der Waals surface area contributed by atoms with Crippen LogP contribution in [0.3, 0.4) is 0 Å². The molecule has 0 spiro atoms. The molecule has 2 N–H and O–H groups in total. The quantitative estimate of drug-likeness (QED) is 0.454. The Hall–Kier alpha value is -3.67. The Bertz CT molecular complexity index is 1410. The molecular weight excluding hydrogens is 485 g/mol. The first-order valence-corrected chi connectivity index (χ1v) is 12.1. The number of aryl methyl sites for hydroxylation is 1. The number of anilines is 1. The van der Waals surface area contributed by atoms with Crippen molar-refractivity contribution < 1.29 is 31.6 Å². The van der Waals surface area contributed by atoms with E-state index < -0.39 is 44.5 Å². The fraction of sp³-hybridized carbons (Fsp3) is 0.261. The van der Waals surface area contributed by atoms with Crippen molar-refractivity contribution in [2.24, 2.45) is 0 Å². The van der Waals surface area contributed by atoms with Crippen LogP contribution in [0, 0.1) is 25.6 Å². The van der Waals surface area contributed by atoms with E-state index in [1.807, 2.05) is 0 Å². The number of hydrogen-bond donors (Lipinski definition) is 2. The third kappa shape index (κ3) is 5.70. The molecule has 0 aliphatic heterocycles. The number of halogens is 3. The minimum absolute atomic E-state index is 0.137. The number of nitrogens with one attached hydrogen (secondary N) is 2. The molecule has 0 aliphatic carbocycles. The molecule has 3 rings (SSSR count). The van der Waals surface area contributed by atoms with E-state index >= 15 is 0 Å².